The summed E-state index contributed by atoms with van der Waals surface area (Å²) in [4.78, 5) is 16.6. The van der Waals surface area contributed by atoms with Gasteiger partial charge in [0.1, 0.15) is 0 Å². The van der Waals surface area contributed by atoms with Crippen LogP contribution in [-0.4, -0.2) is 18.2 Å². The number of nitrogens with one attached hydrogen (secondary N) is 1. The van der Waals surface area contributed by atoms with Gasteiger partial charge in [0.25, 0.3) is 0 Å². The first-order valence-corrected chi connectivity index (χ1v) is 9.39. The van der Waals surface area contributed by atoms with Crippen molar-refractivity contribution in [2.24, 2.45) is 0 Å². The molecule has 2 aromatic rings. The molecule has 0 aliphatic rings. The Kier molecular flexibility index (Phi) is 7.75. The smallest absolute Gasteiger partial charge is 0.413 e. The number of aryl methyl sites for hydroxylation is 1. The molecule has 0 spiro atoms. The van der Waals surface area contributed by atoms with Gasteiger partial charge in [0.2, 0.25) is 0 Å². The number of thiazole rings is 1. The Morgan fingerprint density at radius 1 is 1.25 bits per heavy atom. The van der Waals surface area contributed by atoms with Crippen LogP contribution in [0.15, 0.2) is 36.5 Å². The second-order valence-electron chi connectivity index (χ2n) is 5.89. The number of rotatable bonds is 9. The molecule has 4 nitrogen and oxygen atoms in total. The van der Waals surface area contributed by atoms with E-state index < -0.39 is 6.09 Å². The van der Waals surface area contributed by atoms with Crippen LogP contribution in [0, 0.1) is 0 Å². The number of carbonyl (C=O) groups is 1. The number of nitrogens with zero attached hydrogens (tertiary/aromatic N) is 1. The Hall–Kier alpha value is -1.88. The highest BCUT2D eigenvalue weighted by Crippen LogP contribution is 2.28. The zero-order valence-corrected chi connectivity index (χ0v) is 15.3. The molecule has 1 aromatic heterocycles. The van der Waals surface area contributed by atoms with E-state index in [1.807, 2.05) is 6.20 Å². The zero-order valence-electron chi connectivity index (χ0n) is 14.5. The van der Waals surface area contributed by atoms with Crippen LogP contribution in [0.5, 0.6) is 0 Å². The minimum Gasteiger partial charge on any atom is -0.453 e. The van der Waals surface area contributed by atoms with Gasteiger partial charge in [-0.15, -0.1) is 11.3 Å². The largest absolute Gasteiger partial charge is 0.453 e. The predicted molar refractivity (Wildman–Crippen MR) is 99.8 cm³/mol. The summed E-state index contributed by atoms with van der Waals surface area (Å²) in [6.45, 7) is 2.25. The lowest BCUT2D eigenvalue weighted by molar-refractivity contribution is 0.187. The normalized spacial score (nSPS) is 11.9. The van der Waals surface area contributed by atoms with Crippen LogP contribution < -0.4 is 5.32 Å². The summed E-state index contributed by atoms with van der Waals surface area (Å²) in [6.07, 6.45) is 8.43. The van der Waals surface area contributed by atoms with Crippen molar-refractivity contribution in [3.05, 3.63) is 47.0 Å². The fraction of sp³-hybridized carbons (Fsp3) is 0.474. The molecule has 1 unspecified atom stereocenters. The Bertz CT molecular complexity index is 613. The van der Waals surface area contributed by atoms with Crippen LogP contribution in [0.4, 0.5) is 9.93 Å². The third-order valence-corrected chi connectivity index (χ3v) is 5.05. The molecule has 0 radical (unpaired) electrons. The zero-order chi connectivity index (χ0) is 17.2. The maximum absolute atomic E-state index is 11.2. The van der Waals surface area contributed by atoms with E-state index in [0.717, 1.165) is 12.8 Å². The van der Waals surface area contributed by atoms with Gasteiger partial charge in [0.05, 0.1) is 7.11 Å². The third kappa shape index (κ3) is 5.96. The molecule has 1 atom stereocenters. The van der Waals surface area contributed by atoms with Gasteiger partial charge in [-0.25, -0.2) is 9.78 Å². The Morgan fingerprint density at radius 2 is 2.04 bits per heavy atom. The van der Waals surface area contributed by atoms with Gasteiger partial charge in [-0.2, -0.15) is 0 Å². The lowest BCUT2D eigenvalue weighted by atomic mass is 9.89. The van der Waals surface area contributed by atoms with Crippen LogP contribution in [0.25, 0.3) is 0 Å². The first-order chi connectivity index (χ1) is 11.7. The molecule has 130 valence electrons. The number of hydrogen-bond acceptors (Lipinski definition) is 4. The fourth-order valence-corrected chi connectivity index (χ4v) is 3.70. The number of hydrogen-bond donors (Lipinski definition) is 1. The van der Waals surface area contributed by atoms with E-state index in [1.54, 1.807) is 0 Å². The summed E-state index contributed by atoms with van der Waals surface area (Å²) in [5, 5.41) is 3.21. The lowest BCUT2D eigenvalue weighted by Gasteiger charge is -2.16. The number of anilines is 1. The second kappa shape index (κ2) is 10.1. The quantitative estimate of drug-likeness (QED) is 0.600. The molecular weight excluding hydrogens is 320 g/mol. The minimum atomic E-state index is -0.471. The molecule has 0 saturated heterocycles. The van der Waals surface area contributed by atoms with E-state index in [0.29, 0.717) is 11.0 Å². The molecule has 2 rings (SSSR count). The number of unbranched alkanes of at least 4 members (excludes halogenated alkanes) is 1. The fourth-order valence-electron chi connectivity index (χ4n) is 2.86. The van der Waals surface area contributed by atoms with Gasteiger partial charge in [0, 0.05) is 11.1 Å². The summed E-state index contributed by atoms with van der Waals surface area (Å²) in [7, 11) is 1.35. The number of benzene rings is 1. The third-order valence-electron chi connectivity index (χ3n) is 4.08. The molecule has 0 fully saturated rings. The van der Waals surface area contributed by atoms with E-state index in [4.69, 9.17) is 0 Å². The van der Waals surface area contributed by atoms with Crippen molar-refractivity contribution in [3.63, 3.8) is 0 Å². The van der Waals surface area contributed by atoms with Crippen LogP contribution in [0.3, 0.4) is 0 Å². The van der Waals surface area contributed by atoms with Gasteiger partial charge in [-0.3, -0.25) is 5.32 Å². The molecule has 0 bridgehead atoms. The van der Waals surface area contributed by atoms with E-state index in [2.05, 4.69) is 52.3 Å². The van der Waals surface area contributed by atoms with Crippen molar-refractivity contribution in [2.75, 3.05) is 12.4 Å². The monoisotopic (exact) mass is 346 g/mol. The van der Waals surface area contributed by atoms with Crippen LogP contribution in [-0.2, 0) is 11.2 Å². The summed E-state index contributed by atoms with van der Waals surface area (Å²) in [6, 6.07) is 10.8. The molecule has 0 aliphatic heterocycles. The highest BCUT2D eigenvalue weighted by molar-refractivity contribution is 7.15. The topological polar surface area (TPSA) is 51.2 Å². The Morgan fingerprint density at radius 3 is 2.75 bits per heavy atom. The maximum atomic E-state index is 11.2. The first kappa shape index (κ1) is 18.5. The Labute approximate surface area is 148 Å². The maximum Gasteiger partial charge on any atom is 0.413 e. The summed E-state index contributed by atoms with van der Waals surface area (Å²) in [5.74, 6) is 0.661. The van der Waals surface area contributed by atoms with Crippen molar-refractivity contribution < 1.29 is 9.53 Å². The van der Waals surface area contributed by atoms with Gasteiger partial charge in [0.15, 0.2) is 5.13 Å². The predicted octanol–water partition coefficient (Wildman–Crippen LogP) is 5.62. The minimum absolute atomic E-state index is 0.471. The van der Waals surface area contributed by atoms with Crippen molar-refractivity contribution >= 4 is 22.6 Å². The molecule has 24 heavy (non-hydrogen) atoms. The van der Waals surface area contributed by atoms with Crippen LogP contribution in [0.2, 0.25) is 0 Å². The molecule has 1 N–H and O–H groups in total. The van der Waals surface area contributed by atoms with Crippen molar-refractivity contribution in [1.29, 1.82) is 0 Å². The first-order valence-electron chi connectivity index (χ1n) is 8.57. The summed E-state index contributed by atoms with van der Waals surface area (Å²) < 4.78 is 4.57. The molecule has 0 aliphatic carbocycles. The molecule has 0 saturated carbocycles. The molecule has 1 amide bonds. The van der Waals surface area contributed by atoms with Crippen LogP contribution >= 0.6 is 11.3 Å². The van der Waals surface area contributed by atoms with Crippen LogP contribution in [0.1, 0.15) is 55.4 Å². The highest BCUT2D eigenvalue weighted by atomic mass is 32.1. The van der Waals surface area contributed by atoms with E-state index in [9.17, 15) is 4.79 Å². The highest BCUT2D eigenvalue weighted by Gasteiger charge is 2.10. The number of amides is 1. The number of ether oxygens (including phenoxy) is 1. The average molecular weight is 346 g/mol. The SMILES string of the molecule is CCCC(CCCCc1cnc(NC(=O)OC)s1)c1ccccc1. The standard InChI is InChI=1S/C19H26N2O2S/c1-3-9-15(16-10-5-4-6-11-16)12-7-8-13-17-14-20-18(24-17)21-19(22)23-2/h4-6,10-11,14-15H,3,7-9,12-13H2,1-2H3,(H,20,21,22). The summed E-state index contributed by atoms with van der Waals surface area (Å²) >= 11 is 1.52. The van der Waals surface area contributed by atoms with Gasteiger partial charge >= 0.3 is 6.09 Å². The van der Waals surface area contributed by atoms with Gasteiger partial charge in [-0.1, -0.05) is 50.1 Å². The van der Waals surface area contributed by atoms with Crippen molar-refractivity contribution in [2.45, 2.75) is 51.4 Å². The molecule has 5 heteroatoms. The van der Waals surface area contributed by atoms with Crippen molar-refractivity contribution in [1.82, 2.24) is 4.98 Å². The van der Waals surface area contributed by atoms with Crippen molar-refractivity contribution in [3.8, 4) is 0 Å². The molecule has 1 heterocycles. The second-order valence-corrected chi connectivity index (χ2v) is 7.01. The lowest BCUT2D eigenvalue weighted by Crippen LogP contribution is -2.10. The Balaban J connectivity index is 1.76. The van der Waals surface area contributed by atoms with E-state index in [-0.39, 0.29) is 0 Å². The average Bonchev–Trinajstić information content (AvgIpc) is 3.05. The van der Waals surface area contributed by atoms with Gasteiger partial charge < -0.3 is 4.74 Å². The molecular formula is C19H26N2O2S. The van der Waals surface area contributed by atoms with E-state index in [1.165, 1.54) is 54.6 Å². The number of aromatic nitrogens is 1. The van der Waals surface area contributed by atoms with Gasteiger partial charge in [-0.05, 0) is 37.2 Å². The number of carbonyl (C=O) groups excluding carboxylic acids is 1. The number of methoxy groups -OCH3 is 1. The summed E-state index contributed by atoms with van der Waals surface area (Å²) in [5.41, 5.74) is 1.46. The van der Waals surface area contributed by atoms with E-state index >= 15 is 0 Å². The molecule has 1 aromatic carbocycles.